The number of carbonyl (C=O) groups excluding carboxylic acids is 2. The number of benzene rings is 2. The fourth-order valence-electron chi connectivity index (χ4n) is 4.59. The van der Waals surface area contributed by atoms with Crippen LogP contribution in [0, 0.1) is 11.3 Å². The summed E-state index contributed by atoms with van der Waals surface area (Å²) in [5.74, 6) is 0.0439. The van der Waals surface area contributed by atoms with Gasteiger partial charge in [-0.25, -0.2) is 14.8 Å². The van der Waals surface area contributed by atoms with Gasteiger partial charge in [0.25, 0.3) is 0 Å². The Bertz CT molecular complexity index is 1480. The molecule has 0 unspecified atom stereocenters. The molecule has 0 atom stereocenters. The summed E-state index contributed by atoms with van der Waals surface area (Å²) in [6.45, 7) is 0. The van der Waals surface area contributed by atoms with Crippen molar-refractivity contribution < 1.29 is 9.59 Å². The van der Waals surface area contributed by atoms with E-state index in [2.05, 4.69) is 25.2 Å². The maximum absolute atomic E-state index is 13.6. The zero-order valence-corrected chi connectivity index (χ0v) is 18.9. The van der Waals surface area contributed by atoms with Crippen molar-refractivity contribution in [1.82, 2.24) is 14.5 Å². The zero-order chi connectivity index (χ0) is 24.4. The fourth-order valence-corrected chi connectivity index (χ4v) is 4.59. The minimum atomic E-state index is -0.486. The molecule has 0 aliphatic heterocycles. The lowest BCUT2D eigenvalue weighted by molar-refractivity contribution is 0.104. The molecule has 5 rings (SSSR count). The van der Waals surface area contributed by atoms with Gasteiger partial charge in [0.15, 0.2) is 5.78 Å². The molecule has 1 fully saturated rings. The number of nitrogen functional groups attached to an aromatic ring is 1. The zero-order valence-electron chi connectivity index (χ0n) is 18.9. The number of aromatic nitrogens is 3. The summed E-state index contributed by atoms with van der Waals surface area (Å²) in [5, 5.41) is 15.0. The van der Waals surface area contributed by atoms with Crippen LogP contribution in [-0.2, 0) is 0 Å². The molecule has 9 heteroatoms. The molecule has 4 N–H and O–H groups in total. The molecule has 2 heterocycles. The number of fused-ring (bicyclic) bond motifs is 1. The Hall–Kier alpha value is -4.71. The fraction of sp³-hybridized carbons (Fsp3) is 0.192. The first kappa shape index (κ1) is 22.1. The van der Waals surface area contributed by atoms with E-state index >= 15 is 0 Å². The second-order valence-corrected chi connectivity index (χ2v) is 8.53. The molecular weight excluding hydrogens is 442 g/mol. The molecule has 2 aromatic carbocycles. The van der Waals surface area contributed by atoms with E-state index in [1.54, 1.807) is 48.5 Å². The summed E-state index contributed by atoms with van der Waals surface area (Å²) in [6, 6.07) is 15.1. The largest absolute Gasteiger partial charge is 0.383 e. The predicted octanol–water partition coefficient (Wildman–Crippen LogP) is 4.88. The van der Waals surface area contributed by atoms with Gasteiger partial charge in [-0.05, 0) is 43.2 Å². The maximum Gasteiger partial charge on any atom is 0.323 e. The van der Waals surface area contributed by atoms with Crippen molar-refractivity contribution in [3.8, 4) is 6.07 Å². The lowest BCUT2D eigenvalue weighted by atomic mass is 10.0. The number of urea groups is 1. The highest BCUT2D eigenvalue weighted by atomic mass is 16.2. The number of nitrogens with zero attached hydrogens (tertiary/aromatic N) is 4. The molecule has 0 saturated heterocycles. The highest BCUT2D eigenvalue weighted by molar-refractivity contribution is 6.18. The normalized spacial score (nSPS) is 13.5. The second kappa shape index (κ2) is 9.27. The van der Waals surface area contributed by atoms with Crippen molar-refractivity contribution in [3.63, 3.8) is 0 Å². The SMILES string of the molecule is N#Cc1cccc(NC(=O)Nc2cccc(C(=O)c3cn(C4CCCC4)c4ncnc(N)c34)c2)c1. The van der Waals surface area contributed by atoms with Crippen molar-refractivity contribution in [1.29, 1.82) is 5.26 Å². The van der Waals surface area contributed by atoms with E-state index in [4.69, 9.17) is 11.0 Å². The van der Waals surface area contributed by atoms with Gasteiger partial charge in [-0.3, -0.25) is 4.79 Å². The highest BCUT2D eigenvalue weighted by Gasteiger charge is 2.25. The number of ketones is 1. The van der Waals surface area contributed by atoms with Crippen LogP contribution >= 0.6 is 0 Å². The van der Waals surface area contributed by atoms with Gasteiger partial charge < -0.3 is 20.9 Å². The van der Waals surface area contributed by atoms with E-state index in [9.17, 15) is 9.59 Å². The Morgan fingerprint density at radius 2 is 1.74 bits per heavy atom. The summed E-state index contributed by atoms with van der Waals surface area (Å²) in [4.78, 5) is 34.6. The highest BCUT2D eigenvalue weighted by Crippen LogP contribution is 2.35. The number of nitriles is 1. The van der Waals surface area contributed by atoms with Crippen LogP contribution in [0.15, 0.2) is 61.1 Å². The number of rotatable bonds is 5. The quantitative estimate of drug-likeness (QED) is 0.359. The van der Waals surface area contributed by atoms with Crippen molar-refractivity contribution in [3.05, 3.63) is 77.7 Å². The number of nitrogens with two attached hydrogens (primary N) is 1. The van der Waals surface area contributed by atoms with Crippen LogP contribution in [0.4, 0.5) is 22.0 Å². The number of hydrogen-bond donors (Lipinski definition) is 3. The molecule has 1 saturated carbocycles. The van der Waals surface area contributed by atoms with Gasteiger partial charge in [0.1, 0.15) is 17.8 Å². The van der Waals surface area contributed by atoms with Crippen LogP contribution in [0.5, 0.6) is 0 Å². The Balaban J connectivity index is 1.41. The van der Waals surface area contributed by atoms with Crippen LogP contribution in [-0.4, -0.2) is 26.3 Å². The Morgan fingerprint density at radius 1 is 1.03 bits per heavy atom. The maximum atomic E-state index is 13.6. The van der Waals surface area contributed by atoms with E-state index in [1.165, 1.54) is 6.33 Å². The molecule has 0 bridgehead atoms. The molecule has 1 aliphatic rings. The smallest absolute Gasteiger partial charge is 0.323 e. The molecular formula is C26H23N7O2. The topological polar surface area (TPSA) is 139 Å². The van der Waals surface area contributed by atoms with E-state index < -0.39 is 6.03 Å². The van der Waals surface area contributed by atoms with Crippen LogP contribution in [0.25, 0.3) is 11.0 Å². The van der Waals surface area contributed by atoms with Crippen LogP contribution in [0.2, 0.25) is 0 Å². The van der Waals surface area contributed by atoms with Gasteiger partial charge in [0, 0.05) is 29.2 Å². The summed E-state index contributed by atoms with van der Waals surface area (Å²) in [5.41, 5.74) is 9.07. The molecule has 174 valence electrons. The number of carbonyl (C=O) groups is 2. The first-order valence-corrected chi connectivity index (χ1v) is 11.4. The van der Waals surface area contributed by atoms with Crippen LogP contribution < -0.4 is 16.4 Å². The third-order valence-electron chi connectivity index (χ3n) is 6.23. The number of nitrogens with one attached hydrogen (secondary N) is 2. The van der Waals surface area contributed by atoms with E-state index in [-0.39, 0.29) is 17.6 Å². The minimum Gasteiger partial charge on any atom is -0.383 e. The molecule has 1 aliphatic carbocycles. The lowest BCUT2D eigenvalue weighted by Gasteiger charge is -2.12. The van der Waals surface area contributed by atoms with E-state index in [1.807, 2.05) is 12.3 Å². The Kier molecular flexibility index (Phi) is 5.85. The van der Waals surface area contributed by atoms with E-state index in [0.29, 0.717) is 39.1 Å². The van der Waals surface area contributed by atoms with Crippen molar-refractivity contribution in [2.24, 2.45) is 0 Å². The summed E-state index contributed by atoms with van der Waals surface area (Å²) in [6.07, 6.45) is 7.62. The van der Waals surface area contributed by atoms with Crippen LogP contribution in [0.3, 0.4) is 0 Å². The van der Waals surface area contributed by atoms with Gasteiger partial charge in [0.2, 0.25) is 0 Å². The third-order valence-corrected chi connectivity index (χ3v) is 6.23. The second-order valence-electron chi connectivity index (χ2n) is 8.53. The van der Waals surface area contributed by atoms with Gasteiger partial charge in [-0.1, -0.05) is 31.0 Å². The predicted molar refractivity (Wildman–Crippen MR) is 133 cm³/mol. The number of anilines is 3. The number of amides is 2. The third kappa shape index (κ3) is 4.42. The molecule has 4 aromatic rings. The molecule has 0 spiro atoms. The first-order chi connectivity index (χ1) is 17.0. The minimum absolute atomic E-state index is 0.223. The number of hydrogen-bond acceptors (Lipinski definition) is 6. The Labute approximate surface area is 201 Å². The van der Waals surface area contributed by atoms with Gasteiger partial charge in [-0.15, -0.1) is 0 Å². The molecule has 35 heavy (non-hydrogen) atoms. The van der Waals surface area contributed by atoms with Crippen molar-refractivity contribution in [2.45, 2.75) is 31.7 Å². The lowest BCUT2D eigenvalue weighted by Crippen LogP contribution is -2.19. The van der Waals surface area contributed by atoms with E-state index in [0.717, 1.165) is 25.7 Å². The van der Waals surface area contributed by atoms with Gasteiger partial charge in [-0.2, -0.15) is 5.26 Å². The van der Waals surface area contributed by atoms with Gasteiger partial charge >= 0.3 is 6.03 Å². The first-order valence-electron chi connectivity index (χ1n) is 11.4. The summed E-state index contributed by atoms with van der Waals surface area (Å²) in [7, 11) is 0. The van der Waals surface area contributed by atoms with Crippen molar-refractivity contribution in [2.75, 3.05) is 16.4 Å². The van der Waals surface area contributed by atoms with Gasteiger partial charge in [0.05, 0.1) is 22.6 Å². The average Bonchev–Trinajstić information content (AvgIpc) is 3.52. The molecule has 0 radical (unpaired) electrons. The van der Waals surface area contributed by atoms with Crippen molar-refractivity contribution >= 4 is 40.0 Å². The molecule has 9 nitrogen and oxygen atoms in total. The van der Waals surface area contributed by atoms with Crippen LogP contribution in [0.1, 0.15) is 53.2 Å². The summed E-state index contributed by atoms with van der Waals surface area (Å²) >= 11 is 0. The summed E-state index contributed by atoms with van der Waals surface area (Å²) < 4.78 is 2.05. The molecule has 2 aromatic heterocycles. The monoisotopic (exact) mass is 465 g/mol. The standard InChI is InChI=1S/C26H23N7O2/c27-13-16-5-3-7-18(11-16)31-26(35)32-19-8-4-6-17(12-19)23(34)21-14-33(20-9-1-2-10-20)25-22(21)24(28)29-15-30-25/h3-8,11-12,14-15,20H,1-2,9-10H2,(H2,28,29,30)(H2,31,32,35). The molecule has 2 amide bonds. The Morgan fingerprint density at radius 3 is 2.49 bits per heavy atom. The average molecular weight is 466 g/mol.